The van der Waals surface area contributed by atoms with Gasteiger partial charge in [-0.2, -0.15) is 0 Å². The summed E-state index contributed by atoms with van der Waals surface area (Å²) in [5.41, 5.74) is 2.26. The van der Waals surface area contributed by atoms with Crippen molar-refractivity contribution < 1.29 is 24.1 Å². The summed E-state index contributed by atoms with van der Waals surface area (Å²) in [6.45, 7) is 2.15. The predicted octanol–water partition coefficient (Wildman–Crippen LogP) is 3.85. The molecule has 2 aromatic carbocycles. The Kier molecular flexibility index (Phi) is 6.30. The summed E-state index contributed by atoms with van der Waals surface area (Å²) >= 11 is 0. The van der Waals surface area contributed by atoms with Crippen LogP contribution in [0.1, 0.15) is 34.7 Å². The number of rotatable bonds is 7. The lowest BCUT2D eigenvalue weighted by atomic mass is 9.88. The molecule has 0 bridgehead atoms. The van der Waals surface area contributed by atoms with Gasteiger partial charge in [-0.15, -0.1) is 0 Å². The number of aryl methyl sites for hydroxylation is 2. The zero-order chi connectivity index (χ0) is 28.0. The van der Waals surface area contributed by atoms with Crippen LogP contribution in [-0.4, -0.2) is 39.5 Å². The topological polar surface area (TPSA) is 136 Å². The Balaban J connectivity index is 1.45. The number of hydrogen-bond acceptors (Lipinski definition) is 7. The van der Waals surface area contributed by atoms with E-state index in [1.807, 2.05) is 30.5 Å². The average molecular weight is 542 g/mol. The van der Waals surface area contributed by atoms with Gasteiger partial charge < -0.3 is 33.9 Å². The second kappa shape index (κ2) is 9.96. The summed E-state index contributed by atoms with van der Waals surface area (Å²) in [5.74, 6) is -0.938. The van der Waals surface area contributed by atoms with E-state index in [2.05, 4.69) is 9.97 Å². The van der Waals surface area contributed by atoms with E-state index in [9.17, 15) is 19.5 Å². The summed E-state index contributed by atoms with van der Waals surface area (Å²) in [4.78, 5) is 45.8. The van der Waals surface area contributed by atoms with E-state index in [0.29, 0.717) is 41.1 Å². The number of nitrogens with one attached hydrogen (secondary N) is 2. The number of methoxy groups -OCH3 is 1. The fourth-order valence-electron chi connectivity index (χ4n) is 5.43. The third-order valence-electron chi connectivity index (χ3n) is 7.49. The summed E-state index contributed by atoms with van der Waals surface area (Å²) in [6.07, 6.45) is 2.16. The monoisotopic (exact) mass is 541 g/mol. The number of fused-ring (bicyclic) bond motifs is 3. The number of nitrogens with zero attached hydrogens (tertiary/aromatic N) is 1. The van der Waals surface area contributed by atoms with Crippen molar-refractivity contribution in [3.63, 3.8) is 0 Å². The number of benzene rings is 2. The minimum Gasteiger partial charge on any atom is -0.507 e. The first kappa shape index (κ1) is 25.3. The second-order valence-corrected chi connectivity index (χ2v) is 9.83. The van der Waals surface area contributed by atoms with Gasteiger partial charge in [-0.25, -0.2) is 0 Å². The van der Waals surface area contributed by atoms with Crippen molar-refractivity contribution in [3.05, 3.63) is 97.8 Å². The molecule has 204 valence electrons. The molecular weight excluding hydrogens is 514 g/mol. The van der Waals surface area contributed by atoms with Gasteiger partial charge in [0.05, 0.1) is 24.6 Å². The van der Waals surface area contributed by atoms with Crippen LogP contribution in [0.2, 0.25) is 0 Å². The van der Waals surface area contributed by atoms with E-state index in [0.717, 1.165) is 16.5 Å². The first-order chi connectivity index (χ1) is 19.3. The van der Waals surface area contributed by atoms with Crippen LogP contribution in [0.25, 0.3) is 21.8 Å². The van der Waals surface area contributed by atoms with Crippen molar-refractivity contribution in [3.8, 4) is 17.2 Å². The number of pyridine rings is 2. The first-order valence-electron chi connectivity index (χ1n) is 12.9. The largest absolute Gasteiger partial charge is 0.507 e. The van der Waals surface area contributed by atoms with Crippen molar-refractivity contribution in [2.45, 2.75) is 32.2 Å². The molecule has 0 spiro atoms. The number of carbonyl (C=O) groups is 1. The van der Waals surface area contributed by atoms with E-state index >= 15 is 0 Å². The summed E-state index contributed by atoms with van der Waals surface area (Å²) < 4.78 is 17.3. The quantitative estimate of drug-likeness (QED) is 0.266. The highest BCUT2D eigenvalue weighted by molar-refractivity contribution is 5.84. The second-order valence-electron chi connectivity index (χ2n) is 9.83. The van der Waals surface area contributed by atoms with Crippen LogP contribution in [0.4, 0.5) is 0 Å². The fraction of sp³-hybridized carbons (Fsp3) is 0.233. The van der Waals surface area contributed by atoms with Crippen LogP contribution in [0, 0.1) is 6.92 Å². The molecule has 0 fully saturated rings. The van der Waals surface area contributed by atoms with Gasteiger partial charge >= 0.3 is 5.97 Å². The lowest BCUT2D eigenvalue weighted by Crippen LogP contribution is -2.31. The first-order valence-corrected chi connectivity index (χ1v) is 12.9. The maximum absolute atomic E-state index is 13.9. The molecular formula is C30H27N3O7. The van der Waals surface area contributed by atoms with Crippen molar-refractivity contribution in [2.24, 2.45) is 0 Å². The van der Waals surface area contributed by atoms with Gasteiger partial charge in [0.1, 0.15) is 5.75 Å². The molecule has 1 aliphatic rings. The van der Waals surface area contributed by atoms with Crippen LogP contribution in [-0.2, 0) is 22.5 Å². The zero-order valence-electron chi connectivity index (χ0n) is 21.9. The van der Waals surface area contributed by atoms with Crippen LogP contribution in [0.15, 0.2) is 64.3 Å². The van der Waals surface area contributed by atoms with Crippen LogP contribution in [0.5, 0.6) is 17.2 Å². The molecule has 5 aromatic rings. The number of ether oxygens (including phenoxy) is 3. The molecule has 6 rings (SSSR count). The molecule has 0 saturated carbocycles. The Bertz CT molecular complexity index is 1900. The number of H-pyrrole nitrogens is 2. The number of aromatic nitrogens is 3. The van der Waals surface area contributed by atoms with Gasteiger partial charge in [0, 0.05) is 52.3 Å². The summed E-state index contributed by atoms with van der Waals surface area (Å²) in [5, 5.41) is 12.7. The van der Waals surface area contributed by atoms with Crippen molar-refractivity contribution in [1.82, 2.24) is 14.5 Å². The highest BCUT2D eigenvalue weighted by atomic mass is 16.7. The Hall–Kier alpha value is -4.99. The normalized spacial score (nSPS) is 13.2. The van der Waals surface area contributed by atoms with Crippen molar-refractivity contribution in [2.75, 3.05) is 13.9 Å². The zero-order valence-corrected chi connectivity index (χ0v) is 21.9. The molecule has 0 saturated heterocycles. The fourth-order valence-corrected chi connectivity index (χ4v) is 5.43. The van der Waals surface area contributed by atoms with Gasteiger partial charge in [-0.1, -0.05) is 18.2 Å². The molecule has 1 atom stereocenters. The van der Waals surface area contributed by atoms with Gasteiger partial charge in [-0.05, 0) is 43.2 Å². The molecule has 1 aliphatic heterocycles. The minimum absolute atomic E-state index is 0.0412. The Labute approximate surface area is 227 Å². The number of aromatic amines is 2. The summed E-state index contributed by atoms with van der Waals surface area (Å²) in [7, 11) is 1.24. The molecule has 0 amide bonds. The van der Waals surface area contributed by atoms with Gasteiger partial charge in [0.15, 0.2) is 11.5 Å². The Morgan fingerprint density at radius 2 is 1.88 bits per heavy atom. The number of carbonyl (C=O) groups excluding carboxylic acids is 1. The van der Waals surface area contributed by atoms with E-state index < -0.39 is 23.0 Å². The molecule has 4 heterocycles. The van der Waals surface area contributed by atoms with Crippen molar-refractivity contribution >= 4 is 27.8 Å². The van der Waals surface area contributed by atoms with Crippen LogP contribution < -0.4 is 20.6 Å². The highest BCUT2D eigenvalue weighted by Gasteiger charge is 2.29. The molecule has 10 nitrogen and oxygen atoms in total. The SMILES string of the molecule is COC(=O)C[C@H](c1cc2cc3c(cc2[nH]c1=O)OCO3)c1c(O)cc(C)n(CCc2c[nH]c3ccccc23)c1=O. The van der Waals surface area contributed by atoms with Crippen molar-refractivity contribution in [1.29, 1.82) is 0 Å². The van der Waals surface area contributed by atoms with Gasteiger partial charge in [-0.3, -0.25) is 14.4 Å². The standard InChI is InChI=1S/C30H27N3O7/c1-16-9-24(34)28(30(37)33(16)8-7-17-14-31-22-6-4-3-5-19(17)22)20(12-27(35)38-2)21-10-18-11-25-26(40-15-39-25)13-23(18)32-29(21)36/h3-6,9-11,13-14,20,31,34H,7-8,12,15H2,1-2H3,(H,32,36)/t20-/m1/s1. The molecule has 3 N–H and O–H groups in total. The summed E-state index contributed by atoms with van der Waals surface area (Å²) in [6, 6.07) is 14.4. The number of esters is 1. The molecule has 0 aliphatic carbocycles. The predicted molar refractivity (Wildman–Crippen MR) is 148 cm³/mol. The lowest BCUT2D eigenvalue weighted by molar-refractivity contribution is -0.140. The molecule has 0 radical (unpaired) electrons. The maximum atomic E-state index is 13.9. The number of para-hydroxylation sites is 1. The maximum Gasteiger partial charge on any atom is 0.306 e. The molecule has 0 unspecified atom stereocenters. The Morgan fingerprint density at radius 1 is 1.10 bits per heavy atom. The Morgan fingerprint density at radius 3 is 2.67 bits per heavy atom. The molecule has 10 heteroatoms. The van der Waals surface area contributed by atoms with E-state index in [1.54, 1.807) is 29.7 Å². The third-order valence-corrected chi connectivity index (χ3v) is 7.49. The number of hydrogen-bond donors (Lipinski definition) is 3. The average Bonchev–Trinajstić information content (AvgIpc) is 3.57. The molecule has 3 aromatic heterocycles. The van der Waals surface area contributed by atoms with E-state index in [-0.39, 0.29) is 30.1 Å². The van der Waals surface area contributed by atoms with Gasteiger partial charge in [0.2, 0.25) is 6.79 Å². The highest BCUT2D eigenvalue weighted by Crippen LogP contribution is 2.37. The van der Waals surface area contributed by atoms with Crippen LogP contribution >= 0.6 is 0 Å². The minimum atomic E-state index is -1.06. The van der Waals surface area contributed by atoms with E-state index in [1.165, 1.54) is 13.2 Å². The van der Waals surface area contributed by atoms with E-state index in [4.69, 9.17) is 14.2 Å². The third kappa shape index (κ3) is 4.37. The lowest BCUT2D eigenvalue weighted by Gasteiger charge is -2.20. The molecule has 40 heavy (non-hydrogen) atoms. The van der Waals surface area contributed by atoms with Crippen LogP contribution in [0.3, 0.4) is 0 Å². The van der Waals surface area contributed by atoms with Gasteiger partial charge in [0.25, 0.3) is 11.1 Å². The number of aromatic hydroxyl groups is 1. The smallest absolute Gasteiger partial charge is 0.306 e.